The molecule has 0 bridgehead atoms. The largest absolute Gasteiger partial charge is 0.442 e. The molecule has 12 heteroatoms. The number of carbonyl (C=O) groups excluding carboxylic acids is 2. The normalized spacial score (nSPS) is 29.8. The highest BCUT2D eigenvalue weighted by atomic mass is 79.9. The monoisotopic (exact) mass is 818 g/mol. The van der Waals surface area contributed by atoms with E-state index in [9.17, 15) is 9.59 Å². The zero-order chi connectivity index (χ0) is 35.0. The molecule has 2 aromatic carbocycles. The third kappa shape index (κ3) is 7.62. The van der Waals surface area contributed by atoms with E-state index in [-0.39, 0.29) is 24.3 Å². The summed E-state index contributed by atoms with van der Waals surface area (Å²) in [6.07, 6.45) is 8.04. The second kappa shape index (κ2) is 14.7. The van der Waals surface area contributed by atoms with Gasteiger partial charge in [0.25, 0.3) is 0 Å². The molecule has 10 nitrogen and oxygen atoms in total. The predicted octanol–water partition coefficient (Wildman–Crippen LogP) is 8.82. The topological polar surface area (TPSA) is 96.0 Å². The Bertz CT molecular complexity index is 1400. The number of amides is 2. The molecule has 4 heterocycles. The lowest BCUT2D eigenvalue weighted by molar-refractivity contribution is -0.226. The molecule has 4 saturated heterocycles. The highest BCUT2D eigenvalue weighted by molar-refractivity contribution is 9.10. The SMILES string of the molecule is C[C@@H](c1ccc(Br)cc1)N1CC[C@@]2(CCCC3(C2)OCCO3)OC1=O.C[C@@H](c1ccc(Br)cc1)N1CC[C@]2(CCCC3(C2)OCCO3)OC1=O. The summed E-state index contributed by atoms with van der Waals surface area (Å²) in [6, 6.07) is 16.2. The molecule has 272 valence electrons. The first-order valence-corrected chi connectivity index (χ1v) is 19.7. The van der Waals surface area contributed by atoms with Gasteiger partial charge in [0.2, 0.25) is 0 Å². The first-order valence-electron chi connectivity index (χ1n) is 18.1. The van der Waals surface area contributed by atoms with Crippen LogP contribution in [0.15, 0.2) is 57.5 Å². The molecule has 6 fully saturated rings. The molecular weight excluding hydrogens is 772 g/mol. The highest BCUT2D eigenvalue weighted by Crippen LogP contribution is 2.48. The number of hydrogen-bond donors (Lipinski definition) is 0. The summed E-state index contributed by atoms with van der Waals surface area (Å²) in [5.41, 5.74) is 1.35. The number of carbonyl (C=O) groups is 2. The molecule has 0 aromatic heterocycles. The fourth-order valence-corrected chi connectivity index (χ4v) is 9.28. The number of nitrogens with zero attached hydrogens (tertiary/aromatic N) is 2. The number of benzene rings is 2. The van der Waals surface area contributed by atoms with Crippen LogP contribution in [0.4, 0.5) is 9.59 Å². The van der Waals surface area contributed by atoms with Gasteiger partial charge in [-0.25, -0.2) is 9.59 Å². The minimum atomic E-state index is -0.530. The first-order chi connectivity index (χ1) is 24.0. The van der Waals surface area contributed by atoms with E-state index in [1.807, 2.05) is 72.2 Å². The van der Waals surface area contributed by atoms with E-state index >= 15 is 0 Å². The van der Waals surface area contributed by atoms with Crippen LogP contribution in [-0.4, -0.2) is 84.3 Å². The average Bonchev–Trinajstić information content (AvgIpc) is 3.74. The van der Waals surface area contributed by atoms with Crippen molar-refractivity contribution in [2.24, 2.45) is 0 Å². The molecule has 4 spiro atoms. The summed E-state index contributed by atoms with van der Waals surface area (Å²) in [7, 11) is 0. The molecule has 6 aliphatic rings. The lowest BCUT2D eigenvalue weighted by atomic mass is 9.78. The van der Waals surface area contributed by atoms with Crippen molar-refractivity contribution in [3.05, 3.63) is 68.6 Å². The third-order valence-electron chi connectivity index (χ3n) is 11.5. The van der Waals surface area contributed by atoms with E-state index < -0.39 is 22.8 Å². The van der Waals surface area contributed by atoms with Crippen LogP contribution in [0.5, 0.6) is 0 Å². The van der Waals surface area contributed by atoms with E-state index in [0.29, 0.717) is 52.4 Å². The smallest absolute Gasteiger partial charge is 0.410 e. The van der Waals surface area contributed by atoms with Crippen LogP contribution in [-0.2, 0) is 28.4 Å². The number of ether oxygens (including phenoxy) is 6. The summed E-state index contributed by atoms with van der Waals surface area (Å²) < 4.78 is 37.5. The quantitative estimate of drug-likeness (QED) is 0.302. The van der Waals surface area contributed by atoms with Gasteiger partial charge in [-0.05, 0) is 74.9 Å². The van der Waals surface area contributed by atoms with Gasteiger partial charge in [0.15, 0.2) is 11.6 Å². The van der Waals surface area contributed by atoms with E-state index in [1.54, 1.807) is 0 Å². The summed E-state index contributed by atoms with van der Waals surface area (Å²) in [4.78, 5) is 29.2. The van der Waals surface area contributed by atoms with Crippen LogP contribution in [0.1, 0.15) is 101 Å². The fourth-order valence-electron chi connectivity index (χ4n) is 8.75. The maximum absolute atomic E-state index is 12.8. The fraction of sp³-hybridized carbons (Fsp3) is 0.632. The van der Waals surface area contributed by atoms with Gasteiger partial charge in [0, 0.05) is 60.6 Å². The van der Waals surface area contributed by atoms with E-state index in [4.69, 9.17) is 28.4 Å². The second-order valence-electron chi connectivity index (χ2n) is 14.7. The zero-order valence-electron chi connectivity index (χ0n) is 29.0. The Morgan fingerprint density at radius 1 is 0.560 bits per heavy atom. The number of halogens is 2. The standard InChI is InChI=1S/2C19H24BrNO4/c2*1-14(15-3-5-16(20)6-4-15)21-10-9-18(25-17(21)22)7-2-8-19(13-18)23-11-12-24-19/h2*3-6,14H,2,7-13H2,1H3/t14-,18+;14-,18-/m00/s1. The van der Waals surface area contributed by atoms with Crippen molar-refractivity contribution in [1.82, 2.24) is 9.80 Å². The zero-order valence-corrected chi connectivity index (χ0v) is 32.2. The molecule has 2 saturated carbocycles. The van der Waals surface area contributed by atoms with Crippen molar-refractivity contribution in [3.8, 4) is 0 Å². The Morgan fingerprint density at radius 3 is 1.26 bits per heavy atom. The van der Waals surface area contributed by atoms with Crippen molar-refractivity contribution >= 4 is 44.0 Å². The van der Waals surface area contributed by atoms with Gasteiger partial charge in [-0.1, -0.05) is 56.1 Å². The highest BCUT2D eigenvalue weighted by Gasteiger charge is 2.54. The van der Waals surface area contributed by atoms with Crippen molar-refractivity contribution in [2.45, 2.75) is 113 Å². The van der Waals surface area contributed by atoms with Crippen molar-refractivity contribution in [2.75, 3.05) is 39.5 Å². The van der Waals surface area contributed by atoms with Crippen LogP contribution in [0.2, 0.25) is 0 Å². The molecule has 0 radical (unpaired) electrons. The molecule has 2 amide bonds. The number of hydrogen-bond acceptors (Lipinski definition) is 8. The van der Waals surface area contributed by atoms with E-state index in [0.717, 1.165) is 71.4 Å². The summed E-state index contributed by atoms with van der Waals surface area (Å²) in [5, 5.41) is 0. The summed E-state index contributed by atoms with van der Waals surface area (Å²) >= 11 is 6.90. The Kier molecular flexibility index (Phi) is 10.6. The molecule has 4 aliphatic heterocycles. The molecule has 4 atom stereocenters. The van der Waals surface area contributed by atoms with E-state index in [1.165, 1.54) is 0 Å². The third-order valence-corrected chi connectivity index (χ3v) is 12.6. The minimum absolute atomic E-state index is 0.00511. The van der Waals surface area contributed by atoms with Gasteiger partial charge in [-0.15, -0.1) is 0 Å². The Hall–Kier alpha value is -2.22. The lowest BCUT2D eigenvalue weighted by Crippen LogP contribution is -2.55. The van der Waals surface area contributed by atoms with Gasteiger partial charge < -0.3 is 38.2 Å². The van der Waals surface area contributed by atoms with Crippen LogP contribution < -0.4 is 0 Å². The van der Waals surface area contributed by atoms with Crippen LogP contribution in [0, 0.1) is 0 Å². The molecular formula is C38H48Br2N2O8. The molecule has 8 rings (SSSR count). The maximum Gasteiger partial charge on any atom is 0.410 e. The van der Waals surface area contributed by atoms with Gasteiger partial charge in [-0.2, -0.15) is 0 Å². The van der Waals surface area contributed by atoms with Gasteiger partial charge in [-0.3, -0.25) is 0 Å². The van der Waals surface area contributed by atoms with E-state index in [2.05, 4.69) is 31.9 Å². The molecule has 0 unspecified atom stereocenters. The van der Waals surface area contributed by atoms with Crippen LogP contribution in [0.25, 0.3) is 0 Å². The maximum atomic E-state index is 12.8. The summed E-state index contributed by atoms with van der Waals surface area (Å²) in [5.74, 6) is -1.06. The molecule has 2 aromatic rings. The average molecular weight is 821 g/mol. The summed E-state index contributed by atoms with van der Waals surface area (Å²) in [6.45, 7) is 8.04. The Labute approximate surface area is 311 Å². The number of rotatable bonds is 4. The second-order valence-corrected chi connectivity index (χ2v) is 16.6. The molecule has 2 aliphatic carbocycles. The van der Waals surface area contributed by atoms with Gasteiger partial charge >= 0.3 is 12.2 Å². The Morgan fingerprint density at radius 2 is 0.920 bits per heavy atom. The molecule has 50 heavy (non-hydrogen) atoms. The van der Waals surface area contributed by atoms with Crippen molar-refractivity contribution in [1.29, 1.82) is 0 Å². The van der Waals surface area contributed by atoms with Crippen molar-refractivity contribution < 1.29 is 38.0 Å². The van der Waals surface area contributed by atoms with Gasteiger partial charge in [0.1, 0.15) is 11.2 Å². The van der Waals surface area contributed by atoms with Gasteiger partial charge in [0.05, 0.1) is 38.5 Å². The first kappa shape index (κ1) is 36.2. The molecule has 0 N–H and O–H groups in total. The van der Waals surface area contributed by atoms with Crippen molar-refractivity contribution in [3.63, 3.8) is 0 Å². The predicted molar refractivity (Wildman–Crippen MR) is 192 cm³/mol. The van der Waals surface area contributed by atoms with Crippen LogP contribution in [0.3, 0.4) is 0 Å². The van der Waals surface area contributed by atoms with Crippen LogP contribution >= 0.6 is 31.9 Å². The Balaban J connectivity index is 0.000000157. The minimum Gasteiger partial charge on any atom is -0.442 e. The lowest BCUT2D eigenvalue weighted by Gasteiger charge is -2.49.